The lowest BCUT2D eigenvalue weighted by molar-refractivity contribution is -0.132. The van der Waals surface area contributed by atoms with Gasteiger partial charge in [0.2, 0.25) is 5.91 Å². The Kier molecular flexibility index (Phi) is 4.94. The van der Waals surface area contributed by atoms with Crippen LogP contribution in [0.2, 0.25) is 0 Å². The van der Waals surface area contributed by atoms with Crippen LogP contribution in [0.25, 0.3) is 0 Å². The Bertz CT molecular complexity index is 470. The van der Waals surface area contributed by atoms with Gasteiger partial charge < -0.3 is 4.90 Å². The van der Waals surface area contributed by atoms with Crippen LogP contribution in [0, 0.1) is 12.8 Å². The summed E-state index contributed by atoms with van der Waals surface area (Å²) in [5.41, 5.74) is 1.97. The molecule has 1 aliphatic heterocycles. The highest BCUT2D eigenvalue weighted by molar-refractivity contribution is 5.98. The van der Waals surface area contributed by atoms with E-state index >= 15 is 0 Å². The molecule has 20 heavy (non-hydrogen) atoms. The standard InChI is InChI=1S/C17H23NO2/c1-3-4-16(19)18-11-9-15(10-12-18)17(20)14-7-5-13(2)6-8-14/h5-8,15H,3-4,9-12H2,1-2H3. The highest BCUT2D eigenvalue weighted by atomic mass is 16.2. The van der Waals surface area contributed by atoms with Crippen molar-refractivity contribution >= 4 is 11.7 Å². The Morgan fingerprint density at radius 3 is 2.30 bits per heavy atom. The molecule has 0 bridgehead atoms. The highest BCUT2D eigenvalue weighted by Gasteiger charge is 2.27. The van der Waals surface area contributed by atoms with Gasteiger partial charge in [0.05, 0.1) is 0 Å². The molecule has 2 rings (SSSR count). The summed E-state index contributed by atoms with van der Waals surface area (Å²) in [5, 5.41) is 0. The molecule has 1 aromatic carbocycles. The molecule has 1 saturated heterocycles. The van der Waals surface area contributed by atoms with Gasteiger partial charge in [0.15, 0.2) is 5.78 Å². The number of carbonyl (C=O) groups excluding carboxylic acids is 2. The minimum atomic E-state index is 0.0726. The van der Waals surface area contributed by atoms with Crippen molar-refractivity contribution < 1.29 is 9.59 Å². The molecular formula is C17H23NO2. The number of piperidine rings is 1. The van der Waals surface area contributed by atoms with Crippen LogP contribution in [-0.2, 0) is 4.79 Å². The van der Waals surface area contributed by atoms with Gasteiger partial charge in [-0.15, -0.1) is 0 Å². The van der Waals surface area contributed by atoms with E-state index in [1.165, 1.54) is 5.56 Å². The van der Waals surface area contributed by atoms with Gasteiger partial charge in [0, 0.05) is 31.0 Å². The van der Waals surface area contributed by atoms with Crippen LogP contribution >= 0.6 is 0 Å². The van der Waals surface area contributed by atoms with E-state index in [0.29, 0.717) is 6.42 Å². The van der Waals surface area contributed by atoms with E-state index in [4.69, 9.17) is 0 Å². The predicted octanol–water partition coefficient (Wildman–Crippen LogP) is 3.22. The first-order chi connectivity index (χ1) is 9.61. The quantitative estimate of drug-likeness (QED) is 0.790. The maximum absolute atomic E-state index is 12.4. The van der Waals surface area contributed by atoms with Crippen LogP contribution in [0.3, 0.4) is 0 Å². The van der Waals surface area contributed by atoms with Crippen molar-refractivity contribution in [3.8, 4) is 0 Å². The molecule has 3 heteroatoms. The molecule has 0 radical (unpaired) electrons. The monoisotopic (exact) mass is 273 g/mol. The average Bonchev–Trinajstić information content (AvgIpc) is 2.48. The first-order valence-electron chi connectivity index (χ1n) is 7.50. The van der Waals surface area contributed by atoms with Gasteiger partial charge in [-0.25, -0.2) is 0 Å². The zero-order chi connectivity index (χ0) is 14.5. The number of Topliss-reactive ketones (excluding diaryl/α,β-unsaturated/α-hetero) is 1. The summed E-state index contributed by atoms with van der Waals surface area (Å²) < 4.78 is 0. The van der Waals surface area contributed by atoms with Crippen molar-refractivity contribution in [1.29, 1.82) is 0 Å². The minimum absolute atomic E-state index is 0.0726. The van der Waals surface area contributed by atoms with Crippen molar-refractivity contribution in [3.63, 3.8) is 0 Å². The summed E-state index contributed by atoms with van der Waals surface area (Å²) >= 11 is 0. The van der Waals surface area contributed by atoms with Gasteiger partial charge in [-0.3, -0.25) is 9.59 Å². The van der Waals surface area contributed by atoms with Crippen LogP contribution in [-0.4, -0.2) is 29.7 Å². The summed E-state index contributed by atoms with van der Waals surface area (Å²) in [4.78, 5) is 26.1. The molecule has 1 heterocycles. The van der Waals surface area contributed by atoms with Gasteiger partial charge in [-0.2, -0.15) is 0 Å². The number of aryl methyl sites for hydroxylation is 1. The van der Waals surface area contributed by atoms with E-state index in [1.807, 2.05) is 43.0 Å². The summed E-state index contributed by atoms with van der Waals surface area (Å²) in [6.07, 6.45) is 3.10. The first-order valence-corrected chi connectivity index (χ1v) is 7.50. The average molecular weight is 273 g/mol. The van der Waals surface area contributed by atoms with E-state index < -0.39 is 0 Å². The van der Waals surface area contributed by atoms with Crippen molar-refractivity contribution in [3.05, 3.63) is 35.4 Å². The molecule has 0 saturated carbocycles. The molecule has 3 nitrogen and oxygen atoms in total. The zero-order valence-corrected chi connectivity index (χ0v) is 12.4. The second kappa shape index (κ2) is 6.69. The first kappa shape index (κ1) is 14.8. The van der Waals surface area contributed by atoms with Gasteiger partial charge in [0.1, 0.15) is 0 Å². The van der Waals surface area contributed by atoms with E-state index in [1.54, 1.807) is 0 Å². The molecule has 0 spiro atoms. The highest BCUT2D eigenvalue weighted by Crippen LogP contribution is 2.22. The number of carbonyl (C=O) groups is 2. The molecule has 1 amide bonds. The van der Waals surface area contributed by atoms with Crippen LogP contribution in [0.5, 0.6) is 0 Å². The minimum Gasteiger partial charge on any atom is -0.343 e. The third-order valence-corrected chi connectivity index (χ3v) is 4.02. The van der Waals surface area contributed by atoms with Gasteiger partial charge in [-0.05, 0) is 26.2 Å². The summed E-state index contributed by atoms with van der Waals surface area (Å²) in [7, 11) is 0. The van der Waals surface area contributed by atoms with E-state index in [-0.39, 0.29) is 17.6 Å². The molecule has 1 aromatic rings. The number of likely N-dealkylation sites (tertiary alicyclic amines) is 1. The molecule has 108 valence electrons. The van der Waals surface area contributed by atoms with Gasteiger partial charge in [-0.1, -0.05) is 36.8 Å². The number of hydrogen-bond acceptors (Lipinski definition) is 2. The third kappa shape index (κ3) is 3.47. The lowest BCUT2D eigenvalue weighted by Crippen LogP contribution is -2.40. The fourth-order valence-electron chi connectivity index (χ4n) is 2.72. The molecule has 0 aliphatic carbocycles. The molecule has 0 aromatic heterocycles. The topological polar surface area (TPSA) is 37.4 Å². The van der Waals surface area contributed by atoms with Crippen molar-refractivity contribution in [2.24, 2.45) is 5.92 Å². The SMILES string of the molecule is CCCC(=O)N1CCC(C(=O)c2ccc(C)cc2)CC1. The second-order valence-corrected chi connectivity index (χ2v) is 5.64. The fraction of sp³-hybridized carbons (Fsp3) is 0.529. The number of benzene rings is 1. The van der Waals surface area contributed by atoms with E-state index in [0.717, 1.165) is 37.9 Å². The van der Waals surface area contributed by atoms with Gasteiger partial charge >= 0.3 is 0 Å². The Morgan fingerprint density at radius 1 is 1.15 bits per heavy atom. The smallest absolute Gasteiger partial charge is 0.222 e. The molecule has 0 unspecified atom stereocenters. The largest absolute Gasteiger partial charge is 0.343 e. The molecule has 0 N–H and O–H groups in total. The zero-order valence-electron chi connectivity index (χ0n) is 12.4. The molecule has 0 atom stereocenters. The lowest BCUT2D eigenvalue weighted by Gasteiger charge is -2.31. The van der Waals surface area contributed by atoms with E-state index in [9.17, 15) is 9.59 Å². The Labute approximate surface area is 121 Å². The second-order valence-electron chi connectivity index (χ2n) is 5.64. The Hall–Kier alpha value is -1.64. The van der Waals surface area contributed by atoms with Crippen molar-refractivity contribution in [1.82, 2.24) is 4.90 Å². The number of hydrogen-bond donors (Lipinski definition) is 0. The Balaban J connectivity index is 1.92. The van der Waals surface area contributed by atoms with Crippen LogP contribution in [0.1, 0.15) is 48.5 Å². The number of amides is 1. The third-order valence-electron chi connectivity index (χ3n) is 4.02. The maximum atomic E-state index is 12.4. The molecular weight excluding hydrogens is 250 g/mol. The molecule has 1 fully saturated rings. The Morgan fingerprint density at radius 2 is 1.75 bits per heavy atom. The van der Waals surface area contributed by atoms with Crippen LogP contribution in [0.4, 0.5) is 0 Å². The number of rotatable bonds is 4. The normalized spacial score (nSPS) is 16.2. The van der Waals surface area contributed by atoms with Crippen molar-refractivity contribution in [2.45, 2.75) is 39.5 Å². The lowest BCUT2D eigenvalue weighted by atomic mass is 9.88. The summed E-state index contributed by atoms with van der Waals surface area (Å²) in [6.45, 7) is 5.49. The summed E-state index contributed by atoms with van der Waals surface area (Å²) in [5.74, 6) is 0.532. The summed E-state index contributed by atoms with van der Waals surface area (Å²) in [6, 6.07) is 7.78. The maximum Gasteiger partial charge on any atom is 0.222 e. The van der Waals surface area contributed by atoms with E-state index in [2.05, 4.69) is 0 Å². The number of ketones is 1. The van der Waals surface area contributed by atoms with Gasteiger partial charge in [0.25, 0.3) is 0 Å². The van der Waals surface area contributed by atoms with Crippen LogP contribution < -0.4 is 0 Å². The van der Waals surface area contributed by atoms with Crippen LogP contribution in [0.15, 0.2) is 24.3 Å². The fourth-order valence-corrected chi connectivity index (χ4v) is 2.72. The van der Waals surface area contributed by atoms with Crippen molar-refractivity contribution in [2.75, 3.05) is 13.1 Å². The molecule has 1 aliphatic rings. The predicted molar refractivity (Wildman–Crippen MR) is 79.7 cm³/mol. The number of nitrogens with zero attached hydrogens (tertiary/aromatic N) is 1.